The van der Waals surface area contributed by atoms with Gasteiger partial charge in [-0.1, -0.05) is 141 Å². The molecule has 0 heterocycles. The van der Waals surface area contributed by atoms with Gasteiger partial charge >= 0.3 is 0 Å². The first-order valence-corrected chi connectivity index (χ1v) is 14.5. The molecule has 1 nitrogen and oxygen atoms in total. The molecule has 1 aliphatic carbocycles. The average Bonchev–Trinajstić information content (AvgIpc) is 2.95. The third-order valence-corrected chi connectivity index (χ3v) is 11.3. The molecule has 0 fully saturated rings. The Morgan fingerprint density at radius 3 is 1.70 bits per heavy atom. The predicted octanol–water partition coefficient (Wildman–Crippen LogP) is 7.94. The van der Waals surface area contributed by atoms with E-state index in [1.54, 1.807) is 0 Å². The van der Waals surface area contributed by atoms with Gasteiger partial charge in [0.2, 0.25) is 0 Å². The lowest BCUT2D eigenvalue weighted by Crippen LogP contribution is -2.28. The SMILES string of the molecule is CC1(C)c2ccccc2-c2c3ccccc3c(P(=O)(c3ccccc3)c3ccccc3)c3cccc1c23. The molecule has 37 heavy (non-hydrogen) atoms. The van der Waals surface area contributed by atoms with Crippen molar-refractivity contribution in [3.63, 3.8) is 0 Å². The fourth-order valence-corrected chi connectivity index (χ4v) is 9.48. The standard InChI is InChI=1S/C35H27OP/c1-35(2)30-22-12-11-20-28(30)32-26-18-9-10-19-27(26)34(29-21-13-23-31(35)33(29)32)37(36,24-14-5-3-6-15-24)25-16-7-4-8-17-25/h3-23H,1-2H3. The molecule has 0 saturated carbocycles. The van der Waals surface area contributed by atoms with Gasteiger partial charge in [-0.2, -0.15) is 0 Å². The van der Waals surface area contributed by atoms with Gasteiger partial charge in [0, 0.05) is 21.3 Å². The molecule has 178 valence electrons. The normalized spacial score (nSPS) is 14.0. The molecule has 0 aliphatic heterocycles. The average molecular weight is 495 g/mol. The van der Waals surface area contributed by atoms with E-state index in [0.717, 1.165) is 32.1 Å². The highest BCUT2D eigenvalue weighted by atomic mass is 31.2. The van der Waals surface area contributed by atoms with E-state index in [-0.39, 0.29) is 5.41 Å². The zero-order valence-electron chi connectivity index (χ0n) is 21.0. The first-order valence-electron chi connectivity index (χ1n) is 12.8. The molecule has 0 radical (unpaired) electrons. The van der Waals surface area contributed by atoms with Gasteiger partial charge < -0.3 is 4.57 Å². The molecule has 0 aromatic heterocycles. The molecule has 0 N–H and O–H groups in total. The summed E-state index contributed by atoms with van der Waals surface area (Å²) in [6.07, 6.45) is 0. The van der Waals surface area contributed by atoms with Crippen molar-refractivity contribution in [2.75, 3.05) is 0 Å². The molecule has 1 aliphatic rings. The summed E-state index contributed by atoms with van der Waals surface area (Å²) in [4.78, 5) is 0. The summed E-state index contributed by atoms with van der Waals surface area (Å²) in [7, 11) is -3.22. The maximum atomic E-state index is 15.8. The van der Waals surface area contributed by atoms with Gasteiger partial charge in [0.25, 0.3) is 0 Å². The van der Waals surface area contributed by atoms with Gasteiger partial charge in [-0.15, -0.1) is 0 Å². The van der Waals surface area contributed by atoms with E-state index in [1.807, 2.05) is 60.7 Å². The molecule has 6 aromatic rings. The zero-order chi connectivity index (χ0) is 25.2. The van der Waals surface area contributed by atoms with Crippen molar-refractivity contribution in [3.8, 4) is 11.1 Å². The van der Waals surface area contributed by atoms with E-state index in [9.17, 15) is 0 Å². The molecule has 7 rings (SSSR count). The maximum Gasteiger partial charge on any atom is 0.172 e. The van der Waals surface area contributed by atoms with Crippen LogP contribution in [0.5, 0.6) is 0 Å². The summed E-state index contributed by atoms with van der Waals surface area (Å²) in [5, 5.41) is 7.21. The Hall–Kier alpha value is -3.93. The summed E-state index contributed by atoms with van der Waals surface area (Å²) in [5.74, 6) is 0. The van der Waals surface area contributed by atoms with Crippen molar-refractivity contribution in [3.05, 3.63) is 139 Å². The quantitative estimate of drug-likeness (QED) is 0.180. The summed E-state index contributed by atoms with van der Waals surface area (Å²) in [6, 6.07) is 44.0. The maximum absolute atomic E-state index is 15.8. The highest BCUT2D eigenvalue weighted by molar-refractivity contribution is 7.86. The summed E-state index contributed by atoms with van der Waals surface area (Å²) in [6.45, 7) is 4.62. The molecule has 0 atom stereocenters. The van der Waals surface area contributed by atoms with Gasteiger partial charge in [0.05, 0.1) is 0 Å². The van der Waals surface area contributed by atoms with Crippen LogP contribution in [-0.2, 0) is 9.98 Å². The van der Waals surface area contributed by atoms with Crippen molar-refractivity contribution in [2.24, 2.45) is 0 Å². The summed E-state index contributed by atoms with van der Waals surface area (Å²) >= 11 is 0. The van der Waals surface area contributed by atoms with Crippen LogP contribution in [0.4, 0.5) is 0 Å². The Labute approximate surface area is 217 Å². The molecule has 6 aromatic carbocycles. The van der Waals surface area contributed by atoms with Gasteiger partial charge in [-0.05, 0) is 43.8 Å². The molecule has 0 amide bonds. The second-order valence-corrected chi connectivity index (χ2v) is 13.1. The molecular formula is C35H27OP. The van der Waals surface area contributed by atoms with E-state index < -0.39 is 7.14 Å². The van der Waals surface area contributed by atoms with Crippen LogP contribution < -0.4 is 15.9 Å². The summed E-state index contributed by atoms with van der Waals surface area (Å²) < 4.78 is 15.8. The van der Waals surface area contributed by atoms with Crippen molar-refractivity contribution in [1.29, 1.82) is 0 Å². The fourth-order valence-electron chi connectivity index (χ4n) is 6.42. The lowest BCUT2D eigenvalue weighted by atomic mass is 9.68. The minimum atomic E-state index is -3.22. The zero-order valence-corrected chi connectivity index (χ0v) is 21.9. The monoisotopic (exact) mass is 494 g/mol. The molecule has 0 saturated heterocycles. The number of hydrogen-bond acceptors (Lipinski definition) is 1. The number of benzene rings is 6. The second kappa shape index (κ2) is 8.04. The number of fused-ring (bicyclic) bond motifs is 4. The third-order valence-electron chi connectivity index (χ3n) is 8.12. The van der Waals surface area contributed by atoms with Crippen molar-refractivity contribution in [1.82, 2.24) is 0 Å². The Kier molecular flexibility index (Phi) is 4.84. The highest BCUT2D eigenvalue weighted by Gasteiger charge is 2.39. The number of rotatable bonds is 3. The van der Waals surface area contributed by atoms with Crippen molar-refractivity contribution < 1.29 is 4.57 Å². The number of hydrogen-bond donors (Lipinski definition) is 0. The Bertz CT molecular complexity index is 1820. The van der Waals surface area contributed by atoms with Crippen LogP contribution in [0.3, 0.4) is 0 Å². The van der Waals surface area contributed by atoms with Crippen LogP contribution in [0.2, 0.25) is 0 Å². The Balaban J connectivity index is 1.76. The van der Waals surface area contributed by atoms with Gasteiger partial charge in [0.1, 0.15) is 0 Å². The van der Waals surface area contributed by atoms with Crippen LogP contribution in [0.25, 0.3) is 32.7 Å². The van der Waals surface area contributed by atoms with Crippen molar-refractivity contribution in [2.45, 2.75) is 19.3 Å². The van der Waals surface area contributed by atoms with Crippen LogP contribution in [0.1, 0.15) is 25.0 Å². The first-order chi connectivity index (χ1) is 18.0. The van der Waals surface area contributed by atoms with Gasteiger partial charge in [-0.3, -0.25) is 0 Å². The fraction of sp³-hybridized carbons (Fsp3) is 0.0857. The Morgan fingerprint density at radius 2 is 1.03 bits per heavy atom. The van der Waals surface area contributed by atoms with E-state index in [2.05, 4.69) is 80.6 Å². The summed E-state index contributed by atoms with van der Waals surface area (Å²) in [5.41, 5.74) is 4.98. The lowest BCUT2D eigenvalue weighted by molar-refractivity contribution is 0.592. The smallest absolute Gasteiger partial charge is 0.172 e. The van der Waals surface area contributed by atoms with E-state index in [1.165, 1.54) is 27.6 Å². The second-order valence-electron chi connectivity index (χ2n) is 10.4. The highest BCUT2D eigenvalue weighted by Crippen LogP contribution is 2.54. The van der Waals surface area contributed by atoms with Crippen LogP contribution in [0.15, 0.2) is 127 Å². The first kappa shape index (κ1) is 22.3. The van der Waals surface area contributed by atoms with E-state index in [4.69, 9.17) is 0 Å². The Morgan fingerprint density at radius 1 is 0.514 bits per heavy atom. The predicted molar refractivity (Wildman–Crippen MR) is 158 cm³/mol. The van der Waals surface area contributed by atoms with Crippen molar-refractivity contribution >= 4 is 44.6 Å². The molecule has 0 unspecified atom stereocenters. The molecule has 2 heteroatoms. The minimum Gasteiger partial charge on any atom is -0.309 e. The largest absolute Gasteiger partial charge is 0.309 e. The van der Waals surface area contributed by atoms with Crippen LogP contribution in [0, 0.1) is 0 Å². The molecule has 0 bridgehead atoms. The lowest BCUT2D eigenvalue weighted by Gasteiger charge is -2.37. The van der Waals surface area contributed by atoms with Crippen LogP contribution >= 0.6 is 7.14 Å². The molecule has 0 spiro atoms. The van der Waals surface area contributed by atoms with E-state index >= 15 is 4.57 Å². The van der Waals surface area contributed by atoms with Gasteiger partial charge in [0.15, 0.2) is 7.14 Å². The molecular weight excluding hydrogens is 467 g/mol. The van der Waals surface area contributed by atoms with Crippen LogP contribution in [-0.4, -0.2) is 0 Å². The van der Waals surface area contributed by atoms with Gasteiger partial charge in [-0.25, -0.2) is 0 Å². The topological polar surface area (TPSA) is 17.1 Å². The third kappa shape index (κ3) is 3.02. The van der Waals surface area contributed by atoms with E-state index in [0.29, 0.717) is 0 Å². The minimum absolute atomic E-state index is 0.174.